The molecule has 210 valence electrons. The van der Waals surface area contributed by atoms with E-state index in [1.54, 1.807) is 0 Å². The predicted molar refractivity (Wildman–Crippen MR) is 139 cm³/mol. The van der Waals surface area contributed by atoms with Gasteiger partial charge < -0.3 is 14.8 Å². The standard InChI is InChI=1S/C24H24F3N3O7S2/c1-36-19-9-12-21(22(14-19)37-2)30(38(3,32)33)15-23(31)28-17-7-10-20(11-8-17)39(34,35)29-18-6-4-5-16(13-18)24(25,26)27/h4-14,29H,15H2,1-3H3,(H,28,31). The molecule has 1 amide bonds. The number of alkyl halides is 3. The highest BCUT2D eigenvalue weighted by Crippen LogP contribution is 2.34. The molecule has 0 fully saturated rings. The monoisotopic (exact) mass is 587 g/mol. The van der Waals surface area contributed by atoms with Crippen LogP contribution in [0.4, 0.5) is 30.2 Å². The topological polar surface area (TPSA) is 131 Å². The summed E-state index contributed by atoms with van der Waals surface area (Å²) in [7, 11) is -5.43. The number of sulfonamides is 2. The minimum Gasteiger partial charge on any atom is -0.497 e. The van der Waals surface area contributed by atoms with Crippen molar-refractivity contribution in [1.29, 1.82) is 0 Å². The molecule has 0 aliphatic carbocycles. The summed E-state index contributed by atoms with van der Waals surface area (Å²) in [5.41, 5.74) is -1.06. The summed E-state index contributed by atoms with van der Waals surface area (Å²) in [6.07, 6.45) is -3.73. The number of rotatable bonds is 10. The van der Waals surface area contributed by atoms with E-state index in [0.717, 1.165) is 34.8 Å². The van der Waals surface area contributed by atoms with Crippen LogP contribution in [0.5, 0.6) is 11.5 Å². The molecule has 3 aromatic carbocycles. The Labute approximate surface area is 223 Å². The van der Waals surface area contributed by atoms with Gasteiger partial charge >= 0.3 is 6.18 Å². The highest BCUT2D eigenvalue weighted by Gasteiger charge is 2.31. The van der Waals surface area contributed by atoms with E-state index in [9.17, 15) is 34.8 Å². The Morgan fingerprint density at radius 1 is 0.897 bits per heavy atom. The lowest BCUT2D eigenvalue weighted by atomic mass is 10.2. The maximum atomic E-state index is 12.9. The highest BCUT2D eigenvalue weighted by atomic mass is 32.2. The first-order chi connectivity index (χ1) is 18.1. The molecular weight excluding hydrogens is 563 g/mol. The van der Waals surface area contributed by atoms with Gasteiger partial charge in [0, 0.05) is 17.4 Å². The first-order valence-electron chi connectivity index (χ1n) is 10.9. The van der Waals surface area contributed by atoms with Crippen molar-refractivity contribution in [2.24, 2.45) is 0 Å². The maximum Gasteiger partial charge on any atom is 0.416 e. The van der Waals surface area contributed by atoms with Gasteiger partial charge in [0.1, 0.15) is 18.0 Å². The average molecular weight is 588 g/mol. The number of amides is 1. The third kappa shape index (κ3) is 7.54. The van der Waals surface area contributed by atoms with E-state index in [1.807, 2.05) is 0 Å². The third-order valence-electron chi connectivity index (χ3n) is 5.23. The quantitative estimate of drug-likeness (QED) is 0.368. The highest BCUT2D eigenvalue weighted by molar-refractivity contribution is 7.92. The van der Waals surface area contributed by atoms with Gasteiger partial charge in [-0.25, -0.2) is 16.8 Å². The lowest BCUT2D eigenvalue weighted by Crippen LogP contribution is -2.37. The SMILES string of the molecule is COc1ccc(N(CC(=O)Nc2ccc(S(=O)(=O)Nc3cccc(C(F)(F)F)c3)cc2)S(C)(=O)=O)c(OC)c1. The fourth-order valence-electron chi connectivity index (χ4n) is 3.39. The van der Waals surface area contributed by atoms with Crippen LogP contribution in [-0.4, -0.2) is 49.8 Å². The van der Waals surface area contributed by atoms with Crippen LogP contribution in [0.15, 0.2) is 71.6 Å². The minimum atomic E-state index is -4.65. The van der Waals surface area contributed by atoms with E-state index < -0.39 is 44.2 Å². The lowest BCUT2D eigenvalue weighted by molar-refractivity contribution is -0.137. The molecule has 3 rings (SSSR count). The third-order valence-corrected chi connectivity index (χ3v) is 7.76. The fourth-order valence-corrected chi connectivity index (χ4v) is 5.30. The van der Waals surface area contributed by atoms with Crippen molar-refractivity contribution in [2.45, 2.75) is 11.1 Å². The van der Waals surface area contributed by atoms with Gasteiger partial charge in [-0.1, -0.05) is 6.07 Å². The normalized spacial score (nSPS) is 11.9. The van der Waals surface area contributed by atoms with Gasteiger partial charge in [0.15, 0.2) is 0 Å². The van der Waals surface area contributed by atoms with Gasteiger partial charge in [0.2, 0.25) is 15.9 Å². The summed E-state index contributed by atoms with van der Waals surface area (Å²) in [4.78, 5) is 12.4. The lowest BCUT2D eigenvalue weighted by Gasteiger charge is -2.24. The van der Waals surface area contributed by atoms with Crippen molar-refractivity contribution in [3.63, 3.8) is 0 Å². The maximum absolute atomic E-state index is 12.9. The van der Waals surface area contributed by atoms with Crippen LogP contribution in [0.3, 0.4) is 0 Å². The molecule has 0 bridgehead atoms. The van der Waals surface area contributed by atoms with Crippen LogP contribution in [0, 0.1) is 0 Å². The molecule has 0 aliphatic heterocycles. The van der Waals surface area contributed by atoms with E-state index in [0.29, 0.717) is 11.8 Å². The number of methoxy groups -OCH3 is 2. The molecule has 0 aromatic heterocycles. The van der Waals surface area contributed by atoms with Gasteiger partial charge in [0.25, 0.3) is 10.0 Å². The predicted octanol–water partition coefficient (Wildman–Crippen LogP) is 3.93. The van der Waals surface area contributed by atoms with Crippen LogP contribution >= 0.6 is 0 Å². The van der Waals surface area contributed by atoms with Crippen molar-refractivity contribution >= 4 is 43.0 Å². The number of carbonyl (C=O) groups excluding carboxylic acids is 1. The number of benzene rings is 3. The molecule has 15 heteroatoms. The minimum absolute atomic E-state index is 0.0954. The zero-order chi connectivity index (χ0) is 29.0. The zero-order valence-electron chi connectivity index (χ0n) is 20.8. The smallest absolute Gasteiger partial charge is 0.416 e. The fraction of sp³-hybridized carbons (Fsp3) is 0.208. The molecule has 0 radical (unpaired) electrons. The second-order valence-corrected chi connectivity index (χ2v) is 11.7. The Bertz CT molecular complexity index is 1560. The van der Waals surface area contributed by atoms with Crippen LogP contribution in [0.2, 0.25) is 0 Å². The number of hydrogen-bond donors (Lipinski definition) is 2. The van der Waals surface area contributed by atoms with Gasteiger partial charge in [-0.2, -0.15) is 13.2 Å². The van der Waals surface area contributed by atoms with Crippen molar-refractivity contribution < 1.29 is 44.3 Å². The molecule has 3 aromatic rings. The number of hydrogen-bond acceptors (Lipinski definition) is 7. The summed E-state index contributed by atoms with van der Waals surface area (Å²) in [6.45, 7) is -0.626. The number of nitrogens with zero attached hydrogens (tertiary/aromatic N) is 1. The molecule has 0 saturated heterocycles. The summed E-state index contributed by atoms with van der Waals surface area (Å²) in [6, 6.07) is 12.9. The Kier molecular flexibility index (Phi) is 8.65. The summed E-state index contributed by atoms with van der Waals surface area (Å²) >= 11 is 0. The van der Waals surface area contributed by atoms with E-state index in [4.69, 9.17) is 9.47 Å². The molecule has 0 spiro atoms. The number of nitrogens with one attached hydrogen (secondary N) is 2. The zero-order valence-corrected chi connectivity index (χ0v) is 22.4. The number of anilines is 3. The molecule has 10 nitrogen and oxygen atoms in total. The van der Waals surface area contributed by atoms with Crippen LogP contribution < -0.4 is 23.8 Å². The van der Waals surface area contributed by atoms with Crippen molar-refractivity contribution in [2.75, 3.05) is 41.4 Å². The summed E-state index contributed by atoms with van der Waals surface area (Å²) in [5, 5.41) is 2.48. The van der Waals surface area contributed by atoms with E-state index in [-0.39, 0.29) is 27.7 Å². The number of halogens is 3. The van der Waals surface area contributed by atoms with E-state index >= 15 is 0 Å². The van der Waals surface area contributed by atoms with Crippen molar-refractivity contribution in [3.05, 3.63) is 72.3 Å². The number of ether oxygens (including phenoxy) is 2. The Morgan fingerprint density at radius 2 is 1.56 bits per heavy atom. The van der Waals surface area contributed by atoms with Crippen LogP contribution in [0.1, 0.15) is 5.56 Å². The molecular formula is C24H24F3N3O7S2. The van der Waals surface area contributed by atoms with Crippen LogP contribution in [-0.2, 0) is 31.0 Å². The Balaban J connectivity index is 1.75. The number of carbonyl (C=O) groups is 1. The molecule has 0 aliphatic rings. The first kappa shape index (κ1) is 29.6. The van der Waals surface area contributed by atoms with E-state index in [2.05, 4.69) is 10.0 Å². The summed E-state index contributed by atoms with van der Waals surface area (Å²) in [5.74, 6) is -0.183. The van der Waals surface area contributed by atoms with Gasteiger partial charge in [-0.3, -0.25) is 13.8 Å². The molecule has 0 unspecified atom stereocenters. The second kappa shape index (κ2) is 11.4. The molecule has 39 heavy (non-hydrogen) atoms. The second-order valence-electron chi connectivity index (χ2n) is 8.06. The Morgan fingerprint density at radius 3 is 2.13 bits per heavy atom. The molecule has 2 N–H and O–H groups in total. The van der Waals surface area contributed by atoms with Crippen molar-refractivity contribution in [1.82, 2.24) is 0 Å². The molecule has 0 saturated carbocycles. The molecule has 0 atom stereocenters. The van der Waals surface area contributed by atoms with Gasteiger partial charge in [-0.05, 0) is 54.6 Å². The van der Waals surface area contributed by atoms with Gasteiger partial charge in [0.05, 0.1) is 36.6 Å². The molecule has 0 heterocycles. The summed E-state index contributed by atoms with van der Waals surface area (Å²) < 4.78 is 102. The van der Waals surface area contributed by atoms with E-state index in [1.165, 1.54) is 50.6 Å². The average Bonchev–Trinajstić information content (AvgIpc) is 2.86. The first-order valence-corrected chi connectivity index (χ1v) is 14.3. The largest absolute Gasteiger partial charge is 0.497 e. The van der Waals surface area contributed by atoms with Gasteiger partial charge in [-0.15, -0.1) is 0 Å². The van der Waals surface area contributed by atoms with Crippen molar-refractivity contribution in [3.8, 4) is 11.5 Å². The Hall–Kier alpha value is -3.98. The van der Waals surface area contributed by atoms with Crippen LogP contribution in [0.25, 0.3) is 0 Å².